The molecule has 0 aliphatic heterocycles. The Morgan fingerprint density at radius 1 is 1.53 bits per heavy atom. The van der Waals surface area contributed by atoms with Crippen molar-refractivity contribution in [2.45, 2.75) is 26.7 Å². The van der Waals surface area contributed by atoms with Gasteiger partial charge in [-0.05, 0) is 13.3 Å². The van der Waals surface area contributed by atoms with Gasteiger partial charge < -0.3 is 9.15 Å². The fraction of sp³-hybridized carbons (Fsp3) is 0.462. The lowest BCUT2D eigenvalue weighted by Crippen LogP contribution is -2.03. The predicted octanol–water partition coefficient (Wildman–Crippen LogP) is 2.12. The quantitative estimate of drug-likeness (QED) is 0.790. The topological polar surface area (TPSA) is 70.2 Å². The molecular formula is C13H17N3O3. The molecule has 0 unspecified atom stereocenters. The molecule has 0 saturated heterocycles. The first kappa shape index (κ1) is 13.3. The van der Waals surface area contributed by atoms with Gasteiger partial charge in [-0.2, -0.15) is 5.10 Å². The molecule has 0 aliphatic rings. The zero-order chi connectivity index (χ0) is 14.0. The highest BCUT2D eigenvalue weighted by molar-refractivity contribution is 5.88. The summed E-state index contributed by atoms with van der Waals surface area (Å²) in [6, 6.07) is 0. The van der Waals surface area contributed by atoms with E-state index in [-0.39, 0.29) is 5.76 Å². The molecule has 0 atom stereocenters. The number of carbonyl (C=O) groups is 1. The highest BCUT2D eigenvalue weighted by Gasteiger charge is 2.22. The third-order valence-corrected chi connectivity index (χ3v) is 3.02. The number of aryl methyl sites for hydroxylation is 2. The number of ether oxygens (including phenoxy) is 1. The van der Waals surface area contributed by atoms with Crippen molar-refractivity contribution in [1.29, 1.82) is 0 Å². The van der Waals surface area contributed by atoms with E-state index in [0.29, 0.717) is 18.0 Å². The fourth-order valence-electron chi connectivity index (χ4n) is 1.83. The second-order valence-electron chi connectivity index (χ2n) is 4.30. The van der Waals surface area contributed by atoms with Crippen LogP contribution in [0.15, 0.2) is 10.6 Å². The smallest absolute Gasteiger partial charge is 0.376 e. The first-order valence-corrected chi connectivity index (χ1v) is 6.15. The van der Waals surface area contributed by atoms with Gasteiger partial charge in [0.15, 0.2) is 0 Å². The monoisotopic (exact) mass is 263 g/mol. The maximum atomic E-state index is 11.7. The number of esters is 1. The van der Waals surface area contributed by atoms with Crippen molar-refractivity contribution < 1.29 is 13.9 Å². The number of oxazole rings is 1. The molecule has 102 valence electrons. The summed E-state index contributed by atoms with van der Waals surface area (Å²) < 4.78 is 12.0. The maximum absolute atomic E-state index is 11.7. The zero-order valence-corrected chi connectivity index (χ0v) is 11.6. The van der Waals surface area contributed by atoms with Gasteiger partial charge in [-0.1, -0.05) is 13.3 Å². The van der Waals surface area contributed by atoms with Gasteiger partial charge in [-0.25, -0.2) is 9.78 Å². The number of aromatic nitrogens is 3. The Labute approximate surface area is 111 Å². The number of rotatable bonds is 4. The molecule has 0 fully saturated rings. The van der Waals surface area contributed by atoms with E-state index >= 15 is 0 Å². The van der Waals surface area contributed by atoms with Crippen LogP contribution in [0.1, 0.15) is 35.3 Å². The Balaban J connectivity index is 2.48. The Bertz CT molecular complexity index is 598. The summed E-state index contributed by atoms with van der Waals surface area (Å²) in [6.45, 7) is 3.94. The second kappa shape index (κ2) is 5.26. The van der Waals surface area contributed by atoms with Crippen LogP contribution in [0.3, 0.4) is 0 Å². The van der Waals surface area contributed by atoms with Crippen molar-refractivity contribution in [3.8, 4) is 11.5 Å². The Morgan fingerprint density at radius 2 is 2.26 bits per heavy atom. The minimum Gasteiger partial charge on any atom is -0.463 e. The Morgan fingerprint density at radius 3 is 2.79 bits per heavy atom. The molecule has 2 aromatic heterocycles. The van der Waals surface area contributed by atoms with E-state index in [2.05, 4.69) is 10.1 Å². The van der Waals surface area contributed by atoms with Crippen LogP contribution < -0.4 is 0 Å². The highest BCUT2D eigenvalue weighted by atomic mass is 16.5. The number of carbonyl (C=O) groups excluding carboxylic acids is 1. The van der Waals surface area contributed by atoms with Crippen molar-refractivity contribution in [2.24, 2.45) is 7.05 Å². The van der Waals surface area contributed by atoms with Crippen LogP contribution in [0.2, 0.25) is 0 Å². The summed E-state index contributed by atoms with van der Waals surface area (Å²) in [6.07, 6.45) is 3.23. The van der Waals surface area contributed by atoms with E-state index in [9.17, 15) is 4.79 Å². The van der Waals surface area contributed by atoms with Gasteiger partial charge in [0.25, 0.3) is 0 Å². The van der Waals surface area contributed by atoms with Gasteiger partial charge in [0.1, 0.15) is 0 Å². The van der Waals surface area contributed by atoms with Crippen LogP contribution in [-0.4, -0.2) is 27.8 Å². The molecule has 0 radical (unpaired) electrons. The summed E-state index contributed by atoms with van der Waals surface area (Å²) >= 11 is 0. The molecule has 6 heteroatoms. The average molecular weight is 263 g/mol. The van der Waals surface area contributed by atoms with E-state index in [0.717, 1.165) is 17.7 Å². The molecular weight excluding hydrogens is 246 g/mol. The van der Waals surface area contributed by atoms with Gasteiger partial charge in [0.2, 0.25) is 11.7 Å². The summed E-state index contributed by atoms with van der Waals surface area (Å²) in [7, 11) is 3.17. The van der Waals surface area contributed by atoms with Crippen molar-refractivity contribution in [3.63, 3.8) is 0 Å². The molecule has 0 saturated carbocycles. The SMILES string of the molecule is CCCc1nc(-c2cnn(C)c2C)oc1C(=O)OC. The minimum absolute atomic E-state index is 0.183. The van der Waals surface area contributed by atoms with Crippen molar-refractivity contribution in [2.75, 3.05) is 7.11 Å². The van der Waals surface area contributed by atoms with E-state index in [1.54, 1.807) is 10.9 Å². The van der Waals surface area contributed by atoms with Crippen LogP contribution in [0.4, 0.5) is 0 Å². The first-order valence-electron chi connectivity index (χ1n) is 6.15. The normalized spacial score (nSPS) is 10.7. The van der Waals surface area contributed by atoms with Crippen molar-refractivity contribution in [1.82, 2.24) is 14.8 Å². The maximum Gasteiger partial charge on any atom is 0.376 e. The minimum atomic E-state index is -0.497. The second-order valence-corrected chi connectivity index (χ2v) is 4.30. The summed E-state index contributed by atoms with van der Waals surface area (Å²) in [5.41, 5.74) is 2.35. The summed E-state index contributed by atoms with van der Waals surface area (Å²) in [4.78, 5) is 16.1. The molecule has 19 heavy (non-hydrogen) atoms. The van der Waals surface area contributed by atoms with Gasteiger partial charge >= 0.3 is 5.97 Å². The molecule has 0 aromatic carbocycles. The molecule has 0 spiro atoms. The molecule has 0 aliphatic carbocycles. The van der Waals surface area contributed by atoms with Crippen LogP contribution in [-0.2, 0) is 18.2 Å². The number of methoxy groups -OCH3 is 1. The lowest BCUT2D eigenvalue weighted by Gasteiger charge is -1.96. The van der Waals surface area contributed by atoms with Crippen LogP contribution >= 0.6 is 0 Å². The fourth-order valence-corrected chi connectivity index (χ4v) is 1.83. The van der Waals surface area contributed by atoms with E-state index in [1.807, 2.05) is 20.9 Å². The zero-order valence-electron chi connectivity index (χ0n) is 11.6. The molecule has 2 heterocycles. The van der Waals surface area contributed by atoms with Crippen molar-refractivity contribution in [3.05, 3.63) is 23.3 Å². The molecule has 0 amide bonds. The third-order valence-electron chi connectivity index (χ3n) is 3.02. The molecule has 0 N–H and O–H groups in total. The van der Waals surface area contributed by atoms with Crippen molar-refractivity contribution >= 4 is 5.97 Å². The Kier molecular flexibility index (Phi) is 3.69. The first-order chi connectivity index (χ1) is 9.08. The Hall–Kier alpha value is -2.11. The van der Waals surface area contributed by atoms with E-state index in [1.165, 1.54) is 7.11 Å². The lowest BCUT2D eigenvalue weighted by molar-refractivity contribution is 0.0564. The van der Waals surface area contributed by atoms with Crippen LogP contribution in [0.5, 0.6) is 0 Å². The number of nitrogens with zero attached hydrogens (tertiary/aromatic N) is 3. The van der Waals surface area contributed by atoms with E-state index in [4.69, 9.17) is 9.15 Å². The largest absolute Gasteiger partial charge is 0.463 e. The summed E-state index contributed by atoms with van der Waals surface area (Å²) in [5.74, 6) is 0.0980. The van der Waals surface area contributed by atoms with Gasteiger partial charge in [0, 0.05) is 12.7 Å². The number of hydrogen-bond donors (Lipinski definition) is 0. The summed E-state index contributed by atoms with van der Waals surface area (Å²) in [5, 5.41) is 4.14. The molecule has 2 rings (SSSR count). The predicted molar refractivity (Wildman–Crippen MR) is 68.8 cm³/mol. The number of hydrogen-bond acceptors (Lipinski definition) is 5. The van der Waals surface area contributed by atoms with E-state index < -0.39 is 5.97 Å². The van der Waals surface area contributed by atoms with Crippen LogP contribution in [0, 0.1) is 6.92 Å². The average Bonchev–Trinajstić information content (AvgIpc) is 2.95. The highest BCUT2D eigenvalue weighted by Crippen LogP contribution is 2.25. The molecule has 0 bridgehead atoms. The lowest BCUT2D eigenvalue weighted by atomic mass is 10.2. The van der Waals surface area contributed by atoms with Gasteiger partial charge in [-0.15, -0.1) is 0 Å². The van der Waals surface area contributed by atoms with Gasteiger partial charge in [-0.3, -0.25) is 4.68 Å². The van der Waals surface area contributed by atoms with Gasteiger partial charge in [0.05, 0.1) is 24.6 Å². The standard InChI is InChI=1S/C13H17N3O3/c1-5-6-10-11(13(17)18-4)19-12(15-10)9-7-14-16(3)8(9)2/h7H,5-6H2,1-4H3. The molecule has 2 aromatic rings. The third kappa shape index (κ3) is 2.38. The van der Waals surface area contributed by atoms with Crippen LogP contribution in [0.25, 0.3) is 11.5 Å². The molecule has 6 nitrogen and oxygen atoms in total.